The van der Waals surface area contributed by atoms with E-state index < -0.39 is 0 Å². The topological polar surface area (TPSA) is 86.5 Å². The molecule has 1 saturated carbocycles. The largest absolute Gasteiger partial charge is 0.497 e. The normalized spacial score (nSPS) is 15.7. The van der Waals surface area contributed by atoms with Crippen LogP contribution in [0.1, 0.15) is 32.6 Å². The molecule has 1 aliphatic carbocycles. The third-order valence-electron chi connectivity index (χ3n) is 4.35. The van der Waals surface area contributed by atoms with Crippen molar-refractivity contribution in [1.82, 2.24) is 15.5 Å². The number of nitrogens with zero attached hydrogens (tertiary/aromatic N) is 2. The fourth-order valence-electron chi connectivity index (χ4n) is 2.90. The van der Waals surface area contributed by atoms with Gasteiger partial charge in [0.1, 0.15) is 11.5 Å². The zero-order chi connectivity index (χ0) is 18.5. The summed E-state index contributed by atoms with van der Waals surface area (Å²) < 4.78 is 16.2. The van der Waals surface area contributed by atoms with Gasteiger partial charge in [0.2, 0.25) is 11.8 Å². The maximum absolute atomic E-state index is 12.3. The van der Waals surface area contributed by atoms with E-state index in [9.17, 15) is 4.79 Å². The molecule has 1 atom stereocenters. The number of thioether (sulfide) groups is 1. The lowest BCUT2D eigenvalue weighted by atomic mass is 10.2. The lowest BCUT2D eigenvalue weighted by Crippen LogP contribution is -2.37. The van der Waals surface area contributed by atoms with E-state index in [2.05, 4.69) is 15.5 Å². The van der Waals surface area contributed by atoms with E-state index >= 15 is 0 Å². The highest BCUT2D eigenvalue weighted by atomic mass is 32.2. The Morgan fingerprint density at radius 3 is 2.46 bits per heavy atom. The van der Waals surface area contributed by atoms with Crippen LogP contribution in [-0.4, -0.2) is 41.6 Å². The van der Waals surface area contributed by atoms with Crippen LogP contribution in [0.5, 0.6) is 11.5 Å². The highest BCUT2D eigenvalue weighted by Crippen LogP contribution is 2.31. The molecule has 1 aromatic carbocycles. The van der Waals surface area contributed by atoms with E-state index in [0.29, 0.717) is 34.2 Å². The van der Waals surface area contributed by atoms with Gasteiger partial charge in [-0.2, -0.15) is 0 Å². The van der Waals surface area contributed by atoms with Gasteiger partial charge in [-0.15, -0.1) is 10.2 Å². The maximum atomic E-state index is 12.3. The van der Waals surface area contributed by atoms with E-state index in [1.165, 1.54) is 24.6 Å². The van der Waals surface area contributed by atoms with Crippen LogP contribution < -0.4 is 14.8 Å². The van der Waals surface area contributed by atoms with Crippen molar-refractivity contribution in [2.45, 2.75) is 49.1 Å². The molecule has 8 heteroatoms. The predicted octanol–water partition coefficient (Wildman–Crippen LogP) is 3.29. The van der Waals surface area contributed by atoms with Crippen LogP contribution in [0.2, 0.25) is 0 Å². The highest BCUT2D eigenvalue weighted by molar-refractivity contribution is 8.00. The number of benzene rings is 1. The lowest BCUT2D eigenvalue weighted by Gasteiger charge is -2.14. The van der Waals surface area contributed by atoms with E-state index in [-0.39, 0.29) is 11.2 Å². The van der Waals surface area contributed by atoms with Crippen molar-refractivity contribution in [3.63, 3.8) is 0 Å². The second-order valence-corrected chi connectivity index (χ2v) is 7.52. The average molecular weight is 377 g/mol. The second-order valence-electron chi connectivity index (χ2n) is 6.22. The molecule has 2 aromatic rings. The lowest BCUT2D eigenvalue weighted by molar-refractivity contribution is -0.120. The molecule has 0 saturated heterocycles. The van der Waals surface area contributed by atoms with Crippen molar-refractivity contribution >= 4 is 17.7 Å². The molecule has 1 aromatic heterocycles. The number of carbonyl (C=O) groups is 1. The number of ether oxygens (including phenoxy) is 2. The molecular formula is C18H23N3O4S. The Hall–Kier alpha value is -2.22. The summed E-state index contributed by atoms with van der Waals surface area (Å²) in [6.45, 7) is 1.84. The van der Waals surface area contributed by atoms with Gasteiger partial charge in [0, 0.05) is 17.7 Å². The Bertz CT molecular complexity index is 736. The van der Waals surface area contributed by atoms with Crippen LogP contribution in [0.25, 0.3) is 11.5 Å². The average Bonchev–Trinajstić information content (AvgIpc) is 3.33. The van der Waals surface area contributed by atoms with Crippen molar-refractivity contribution in [2.75, 3.05) is 14.2 Å². The minimum Gasteiger partial charge on any atom is -0.497 e. The molecule has 0 aliphatic heterocycles. The Labute approximate surface area is 156 Å². The summed E-state index contributed by atoms with van der Waals surface area (Å²) in [4.78, 5) is 12.3. The molecule has 1 aliphatic rings. The van der Waals surface area contributed by atoms with Gasteiger partial charge in [0.15, 0.2) is 0 Å². The summed E-state index contributed by atoms with van der Waals surface area (Å²) in [6, 6.07) is 5.65. The van der Waals surface area contributed by atoms with Crippen molar-refractivity contribution < 1.29 is 18.7 Å². The number of rotatable bonds is 7. The fourth-order valence-corrected chi connectivity index (χ4v) is 3.59. The first-order valence-electron chi connectivity index (χ1n) is 8.63. The maximum Gasteiger partial charge on any atom is 0.277 e. The van der Waals surface area contributed by atoms with E-state index in [4.69, 9.17) is 13.9 Å². The van der Waals surface area contributed by atoms with Gasteiger partial charge in [0.25, 0.3) is 5.22 Å². The monoisotopic (exact) mass is 377 g/mol. The fraction of sp³-hybridized carbons (Fsp3) is 0.500. The van der Waals surface area contributed by atoms with Crippen LogP contribution in [-0.2, 0) is 4.79 Å². The van der Waals surface area contributed by atoms with Crippen molar-refractivity contribution in [2.24, 2.45) is 0 Å². The number of nitrogens with one attached hydrogen (secondary N) is 1. The van der Waals surface area contributed by atoms with E-state index in [0.717, 1.165) is 12.8 Å². The molecule has 7 nitrogen and oxygen atoms in total. The molecule has 0 radical (unpaired) electrons. The van der Waals surface area contributed by atoms with Crippen LogP contribution in [0.3, 0.4) is 0 Å². The Kier molecular flexibility index (Phi) is 6.03. The van der Waals surface area contributed by atoms with Crippen LogP contribution in [0.4, 0.5) is 0 Å². The van der Waals surface area contributed by atoms with Crippen molar-refractivity contribution in [3.8, 4) is 23.0 Å². The molecule has 0 unspecified atom stereocenters. The van der Waals surface area contributed by atoms with Crippen LogP contribution in [0, 0.1) is 0 Å². The van der Waals surface area contributed by atoms with Gasteiger partial charge in [-0.25, -0.2) is 0 Å². The van der Waals surface area contributed by atoms with E-state index in [1.54, 1.807) is 32.4 Å². The van der Waals surface area contributed by atoms with Crippen molar-refractivity contribution in [1.29, 1.82) is 0 Å². The molecule has 1 amide bonds. The molecular weight excluding hydrogens is 354 g/mol. The Morgan fingerprint density at radius 2 is 1.85 bits per heavy atom. The minimum atomic E-state index is -0.302. The van der Waals surface area contributed by atoms with Gasteiger partial charge in [-0.1, -0.05) is 24.6 Å². The van der Waals surface area contributed by atoms with Crippen LogP contribution >= 0.6 is 11.8 Å². The smallest absolute Gasteiger partial charge is 0.277 e. The summed E-state index contributed by atoms with van der Waals surface area (Å²) in [6.07, 6.45) is 4.49. The Morgan fingerprint density at radius 1 is 1.19 bits per heavy atom. The number of hydrogen-bond donors (Lipinski definition) is 1. The van der Waals surface area contributed by atoms with E-state index in [1.807, 2.05) is 6.92 Å². The summed E-state index contributed by atoms with van der Waals surface area (Å²) in [5.74, 6) is 1.63. The number of methoxy groups -OCH3 is 2. The molecule has 1 N–H and O–H groups in total. The number of aromatic nitrogens is 2. The molecule has 1 heterocycles. The zero-order valence-electron chi connectivity index (χ0n) is 15.2. The first kappa shape index (κ1) is 18.6. The quantitative estimate of drug-likeness (QED) is 0.741. The van der Waals surface area contributed by atoms with Crippen LogP contribution in [0.15, 0.2) is 27.8 Å². The summed E-state index contributed by atoms with van der Waals surface area (Å²) in [5, 5.41) is 11.3. The number of carbonyl (C=O) groups excluding carboxylic acids is 1. The molecule has 3 rings (SSSR count). The summed E-state index contributed by atoms with van der Waals surface area (Å²) in [5.41, 5.74) is 0.698. The third-order valence-corrected chi connectivity index (χ3v) is 5.29. The van der Waals surface area contributed by atoms with Gasteiger partial charge in [-0.3, -0.25) is 4.79 Å². The third kappa shape index (κ3) is 4.49. The molecule has 0 bridgehead atoms. The molecule has 140 valence electrons. The first-order valence-corrected chi connectivity index (χ1v) is 9.51. The van der Waals surface area contributed by atoms with Gasteiger partial charge in [-0.05, 0) is 31.9 Å². The Balaban J connectivity index is 1.66. The summed E-state index contributed by atoms with van der Waals surface area (Å²) >= 11 is 1.26. The molecule has 0 spiro atoms. The van der Waals surface area contributed by atoms with Gasteiger partial charge >= 0.3 is 0 Å². The number of hydrogen-bond acceptors (Lipinski definition) is 7. The molecule has 1 fully saturated rings. The van der Waals surface area contributed by atoms with Gasteiger partial charge in [0.05, 0.1) is 19.5 Å². The number of amides is 1. The minimum absolute atomic E-state index is 0.00435. The summed E-state index contributed by atoms with van der Waals surface area (Å²) in [7, 11) is 3.16. The predicted molar refractivity (Wildman–Crippen MR) is 98.6 cm³/mol. The SMILES string of the molecule is COc1cc(OC)cc(-c2nnc(S[C@H](C)C(=O)NC3CCCC3)o2)c1. The van der Waals surface area contributed by atoms with Crippen molar-refractivity contribution in [3.05, 3.63) is 18.2 Å². The molecule has 26 heavy (non-hydrogen) atoms. The highest BCUT2D eigenvalue weighted by Gasteiger charge is 2.23. The van der Waals surface area contributed by atoms with Gasteiger partial charge < -0.3 is 19.2 Å². The standard InChI is InChI=1S/C18H23N3O4S/c1-11(16(22)19-13-6-4-5-7-13)26-18-21-20-17(25-18)12-8-14(23-2)10-15(9-12)24-3/h8-11,13H,4-7H2,1-3H3,(H,19,22)/t11-/m1/s1. The first-order chi connectivity index (χ1) is 12.6. The zero-order valence-corrected chi connectivity index (χ0v) is 16.0. The second kappa shape index (κ2) is 8.44.